The van der Waals surface area contributed by atoms with E-state index in [0.717, 1.165) is 38.5 Å². The second-order valence-electron chi connectivity index (χ2n) is 8.28. The second-order valence-corrected chi connectivity index (χ2v) is 14.0. The second kappa shape index (κ2) is 11.7. The van der Waals surface area contributed by atoms with Gasteiger partial charge in [0.25, 0.3) is 0 Å². The third-order valence-electron chi connectivity index (χ3n) is 5.16. The molecule has 0 aliphatic carbocycles. The first-order chi connectivity index (χ1) is 18.4. The Morgan fingerprint density at radius 2 is 1.41 bits per heavy atom. The molecular weight excluding hydrogens is 581 g/mol. The summed E-state index contributed by atoms with van der Waals surface area (Å²) in [7, 11) is -5.42. The Morgan fingerprint density at radius 3 is 1.92 bits per heavy atom. The van der Waals surface area contributed by atoms with Crippen LogP contribution in [-0.2, 0) is 31.3 Å². The lowest BCUT2D eigenvalue weighted by Gasteiger charge is -2.19. The topological polar surface area (TPSA) is 136 Å². The van der Waals surface area contributed by atoms with E-state index in [1.165, 1.54) is 34.1 Å². The number of methoxy groups -OCH3 is 1. The summed E-state index contributed by atoms with van der Waals surface area (Å²) in [6.07, 6.45) is 2.26. The molecule has 0 bridgehead atoms. The van der Waals surface area contributed by atoms with Gasteiger partial charge in [-0.25, -0.2) is 35.9 Å². The maximum atomic E-state index is 12.3. The van der Waals surface area contributed by atoms with Crippen LogP contribution in [0.3, 0.4) is 0 Å². The first kappa shape index (κ1) is 28.4. The minimum atomic E-state index is -3.51. The predicted octanol–water partition coefficient (Wildman–Crippen LogP) is 4.72. The summed E-state index contributed by atoms with van der Waals surface area (Å²) >= 11 is 2.65. The number of hydrogen-bond donors (Lipinski definition) is 1. The zero-order chi connectivity index (χ0) is 28.2. The summed E-state index contributed by atoms with van der Waals surface area (Å²) in [6, 6.07) is 21.7. The number of anilines is 2. The molecule has 0 fully saturated rings. The number of benzene rings is 3. The van der Waals surface area contributed by atoms with Gasteiger partial charge in [-0.15, -0.1) is 0 Å². The molecule has 0 spiro atoms. The molecule has 0 aliphatic rings. The molecule has 0 atom stereocenters. The normalized spacial score (nSPS) is 11.6. The fourth-order valence-electron chi connectivity index (χ4n) is 3.40. The van der Waals surface area contributed by atoms with Gasteiger partial charge >= 0.3 is 5.97 Å². The molecule has 14 heteroatoms. The lowest BCUT2D eigenvalue weighted by molar-refractivity contribution is 0.0600. The van der Waals surface area contributed by atoms with Crippen molar-refractivity contribution in [1.29, 1.82) is 0 Å². The van der Waals surface area contributed by atoms with Gasteiger partial charge in [-0.2, -0.15) is 0 Å². The molecule has 5 aromatic rings. The van der Waals surface area contributed by atoms with Crippen molar-refractivity contribution in [3.8, 4) is 0 Å². The molecule has 10 nitrogen and oxygen atoms in total. The molecule has 0 radical (unpaired) electrons. The number of nitrogens with one attached hydrogen (secondary N) is 1. The van der Waals surface area contributed by atoms with Gasteiger partial charge in [-0.05, 0) is 42.0 Å². The van der Waals surface area contributed by atoms with Crippen LogP contribution in [0.15, 0.2) is 72.8 Å². The van der Waals surface area contributed by atoms with E-state index in [1.807, 2.05) is 48.5 Å². The van der Waals surface area contributed by atoms with Crippen LogP contribution in [0.5, 0.6) is 0 Å². The number of aromatic nitrogens is 2. The van der Waals surface area contributed by atoms with Crippen molar-refractivity contribution >= 4 is 79.4 Å². The minimum absolute atomic E-state index is 0.139. The van der Waals surface area contributed by atoms with Crippen molar-refractivity contribution < 1.29 is 26.4 Å². The van der Waals surface area contributed by atoms with Crippen LogP contribution < -0.4 is 9.03 Å². The van der Waals surface area contributed by atoms with Gasteiger partial charge < -0.3 is 4.74 Å². The molecule has 3 aromatic carbocycles. The van der Waals surface area contributed by atoms with Gasteiger partial charge in [-0.1, -0.05) is 59.1 Å². The van der Waals surface area contributed by atoms with E-state index in [2.05, 4.69) is 19.4 Å². The van der Waals surface area contributed by atoms with E-state index in [0.29, 0.717) is 15.8 Å². The van der Waals surface area contributed by atoms with Crippen molar-refractivity contribution in [2.75, 3.05) is 28.6 Å². The van der Waals surface area contributed by atoms with E-state index >= 15 is 0 Å². The lowest BCUT2D eigenvalue weighted by Crippen LogP contribution is -2.29. The molecule has 5 rings (SSSR count). The van der Waals surface area contributed by atoms with Gasteiger partial charge in [0.1, 0.15) is 0 Å². The molecule has 0 unspecified atom stereocenters. The summed E-state index contributed by atoms with van der Waals surface area (Å²) in [5.41, 5.74) is 2.73. The van der Waals surface area contributed by atoms with Gasteiger partial charge in [-0.3, -0.25) is 4.72 Å². The maximum Gasteiger partial charge on any atom is 0.337 e. The van der Waals surface area contributed by atoms with Crippen LogP contribution in [0.25, 0.3) is 20.4 Å². The fraction of sp³-hybridized carbons (Fsp3) is 0.160. The van der Waals surface area contributed by atoms with Gasteiger partial charge in [0.05, 0.1) is 52.2 Å². The number of esters is 1. The quantitative estimate of drug-likeness (QED) is 0.264. The number of rotatable bonds is 7. The van der Waals surface area contributed by atoms with Crippen LogP contribution in [0.4, 0.5) is 10.3 Å². The molecule has 39 heavy (non-hydrogen) atoms. The predicted molar refractivity (Wildman–Crippen MR) is 157 cm³/mol. The summed E-state index contributed by atoms with van der Waals surface area (Å²) in [5.74, 6) is -0.433. The van der Waals surface area contributed by atoms with Gasteiger partial charge in [0.15, 0.2) is 5.13 Å². The van der Waals surface area contributed by atoms with E-state index in [9.17, 15) is 21.6 Å². The summed E-state index contributed by atoms with van der Waals surface area (Å²) in [4.78, 5) is 20.0. The zero-order valence-corrected chi connectivity index (χ0v) is 24.3. The Labute approximate surface area is 234 Å². The van der Waals surface area contributed by atoms with Crippen LogP contribution in [0.1, 0.15) is 15.9 Å². The highest BCUT2D eigenvalue weighted by Gasteiger charge is 2.22. The number of carbonyl (C=O) groups excluding carboxylic acids is 1. The van der Waals surface area contributed by atoms with Crippen LogP contribution in [0.2, 0.25) is 0 Å². The average Bonchev–Trinajstić information content (AvgIpc) is 3.49. The number of nitrogens with zero attached hydrogens (tertiary/aromatic N) is 3. The third kappa shape index (κ3) is 7.50. The molecule has 0 saturated heterocycles. The van der Waals surface area contributed by atoms with Crippen molar-refractivity contribution in [2.45, 2.75) is 6.54 Å². The highest BCUT2D eigenvalue weighted by Crippen LogP contribution is 2.31. The Kier molecular flexibility index (Phi) is 8.49. The monoisotopic (exact) mass is 604 g/mol. The molecule has 2 aromatic heterocycles. The Morgan fingerprint density at radius 1 is 0.846 bits per heavy atom. The molecule has 0 amide bonds. The summed E-state index contributed by atoms with van der Waals surface area (Å²) < 4.78 is 56.5. The lowest BCUT2D eigenvalue weighted by atomic mass is 10.1. The molecule has 2 heterocycles. The number of fused-ring (bicyclic) bond motifs is 2. The fourth-order valence-corrected chi connectivity index (χ4v) is 7.20. The van der Waals surface area contributed by atoms with Crippen molar-refractivity contribution in [3.63, 3.8) is 0 Å². The van der Waals surface area contributed by atoms with Crippen molar-refractivity contribution in [3.05, 3.63) is 83.9 Å². The van der Waals surface area contributed by atoms with Crippen LogP contribution in [-0.4, -0.2) is 52.4 Å². The Balaban J connectivity index is 0.000000212. The Hall–Kier alpha value is -3.59. The maximum absolute atomic E-state index is 12.3. The number of hydrogen-bond acceptors (Lipinski definition) is 10. The number of sulfonamides is 2. The third-order valence-corrected chi connectivity index (χ3v) is 9.09. The van der Waals surface area contributed by atoms with Crippen LogP contribution >= 0.6 is 22.7 Å². The first-order valence-electron chi connectivity index (χ1n) is 11.3. The van der Waals surface area contributed by atoms with E-state index in [1.54, 1.807) is 24.3 Å². The highest BCUT2D eigenvalue weighted by molar-refractivity contribution is 7.92. The van der Waals surface area contributed by atoms with Crippen molar-refractivity contribution in [2.24, 2.45) is 0 Å². The molecule has 204 valence electrons. The highest BCUT2D eigenvalue weighted by atomic mass is 32.2. The number of thiazole rings is 2. The number of para-hydroxylation sites is 2. The molecule has 0 aliphatic heterocycles. The summed E-state index contributed by atoms with van der Waals surface area (Å²) in [5, 5.41) is 0.828. The van der Waals surface area contributed by atoms with E-state index < -0.39 is 26.0 Å². The molecule has 1 N–H and O–H groups in total. The minimum Gasteiger partial charge on any atom is -0.465 e. The standard InChI is InChI=1S/C17H16N2O4S2.C8H8N2O2S2/c1-23-16(20)13-9-7-12(8-10-13)11-19(25(2,21)22)17-18-14-5-3-4-6-15(14)24-17;1-14(11,12)10-8-9-6-4-2-3-5-7(6)13-8/h3-10H,11H2,1-2H3;2-5H,1H3,(H,9,10). The number of carbonyl (C=O) groups is 1. The Bertz CT molecular complexity index is 1770. The zero-order valence-electron chi connectivity index (χ0n) is 21.1. The smallest absolute Gasteiger partial charge is 0.337 e. The molecule has 0 saturated carbocycles. The summed E-state index contributed by atoms with van der Waals surface area (Å²) in [6.45, 7) is 0.139. The largest absolute Gasteiger partial charge is 0.465 e. The average molecular weight is 605 g/mol. The van der Waals surface area contributed by atoms with E-state index in [4.69, 9.17) is 0 Å². The first-order valence-corrected chi connectivity index (χ1v) is 16.6. The van der Waals surface area contributed by atoms with Crippen molar-refractivity contribution in [1.82, 2.24) is 9.97 Å². The van der Waals surface area contributed by atoms with Crippen LogP contribution in [0, 0.1) is 0 Å². The number of ether oxygens (including phenoxy) is 1. The van der Waals surface area contributed by atoms with Gasteiger partial charge in [0.2, 0.25) is 25.2 Å². The molecular formula is C25H24N4O6S4. The van der Waals surface area contributed by atoms with E-state index in [-0.39, 0.29) is 6.54 Å². The SMILES string of the molecule is COC(=O)c1ccc(CN(c2nc3ccccc3s2)S(C)(=O)=O)cc1.CS(=O)(=O)Nc1nc2ccccc2s1. The van der Waals surface area contributed by atoms with Gasteiger partial charge in [0, 0.05) is 0 Å².